The molecule has 0 heterocycles. The summed E-state index contributed by atoms with van der Waals surface area (Å²) in [4.78, 5) is 37.7. The lowest BCUT2D eigenvalue weighted by Crippen LogP contribution is -2.48. The molecule has 7 heteroatoms. The molecular weight excluding hydrogens is 420 g/mol. The van der Waals surface area contributed by atoms with Gasteiger partial charge in [0.1, 0.15) is 12.1 Å². The minimum atomic E-state index is -1.00. The summed E-state index contributed by atoms with van der Waals surface area (Å²) in [5, 5.41) is 12.3. The van der Waals surface area contributed by atoms with Gasteiger partial charge < -0.3 is 20.1 Å². The van der Waals surface area contributed by atoms with E-state index in [0.29, 0.717) is 32.1 Å². The number of hydrogen-bond donors (Lipinski definition) is 2. The number of nitrogens with one attached hydrogen (secondary N) is 1. The van der Waals surface area contributed by atoms with Crippen molar-refractivity contribution in [1.29, 1.82) is 0 Å². The summed E-state index contributed by atoms with van der Waals surface area (Å²) < 4.78 is 5.59. The average Bonchev–Trinajstić information content (AvgIpc) is 3.54. The van der Waals surface area contributed by atoms with E-state index in [1.165, 1.54) is 27.2 Å². The predicted octanol–water partition coefficient (Wildman–Crippen LogP) is 3.77. The van der Waals surface area contributed by atoms with Gasteiger partial charge in [-0.25, -0.2) is 9.59 Å². The molecule has 0 spiro atoms. The number of carboxylic acids is 1. The Hall–Kier alpha value is -3.35. The van der Waals surface area contributed by atoms with Crippen LogP contribution in [0.15, 0.2) is 48.5 Å². The Morgan fingerprint density at radius 2 is 1.61 bits per heavy atom. The fraction of sp³-hybridized carbons (Fsp3) is 0.423. The number of nitrogens with zero attached hydrogens (tertiary/aromatic N) is 1. The van der Waals surface area contributed by atoms with Crippen molar-refractivity contribution in [2.75, 3.05) is 13.7 Å². The number of aliphatic carboxylic acids is 1. The lowest BCUT2D eigenvalue weighted by atomic mass is 9.78. The summed E-state index contributed by atoms with van der Waals surface area (Å²) in [6.45, 7) is 0.274. The zero-order valence-electron chi connectivity index (χ0n) is 18.6. The van der Waals surface area contributed by atoms with Gasteiger partial charge in [-0.05, 0) is 53.9 Å². The van der Waals surface area contributed by atoms with Crippen LogP contribution in [0.1, 0.15) is 49.1 Å². The number of amides is 2. The van der Waals surface area contributed by atoms with Crippen LogP contribution in [0.4, 0.5) is 4.79 Å². The lowest BCUT2D eigenvalue weighted by molar-refractivity contribution is -0.151. The number of benzene rings is 2. The standard InChI is InChI=1S/C26H28N2O5/c1-28(26(10-11-26)24(30)31)23(29)14-16-12-17(13-16)27-25(32)33-15-22-20-8-4-2-6-18(20)19-7-3-5-9-21(19)22/h2-9,16-17,22H,10-15H2,1H3,(H,27,32)(H,30,31). The van der Waals surface area contributed by atoms with Crippen LogP contribution in [0.5, 0.6) is 0 Å². The SMILES string of the molecule is CN(C(=O)CC1CC(NC(=O)OCC2c3ccccc3-c3ccccc32)C1)C1(C(=O)O)CC1. The van der Waals surface area contributed by atoms with Crippen LogP contribution >= 0.6 is 0 Å². The molecule has 5 rings (SSSR count). The number of carbonyl (C=O) groups excluding carboxylic acids is 2. The molecule has 172 valence electrons. The van der Waals surface area contributed by atoms with Crippen LogP contribution in [-0.2, 0) is 14.3 Å². The molecule has 0 unspecified atom stereocenters. The maximum Gasteiger partial charge on any atom is 0.407 e. The first-order valence-corrected chi connectivity index (χ1v) is 11.5. The van der Waals surface area contributed by atoms with Crippen molar-refractivity contribution < 1.29 is 24.2 Å². The van der Waals surface area contributed by atoms with Gasteiger partial charge in [-0.3, -0.25) is 4.79 Å². The largest absolute Gasteiger partial charge is 0.479 e. The van der Waals surface area contributed by atoms with Gasteiger partial charge in [0.05, 0.1) is 0 Å². The first kappa shape index (κ1) is 21.5. The van der Waals surface area contributed by atoms with Crippen molar-refractivity contribution in [2.24, 2.45) is 5.92 Å². The monoisotopic (exact) mass is 448 g/mol. The second kappa shape index (κ2) is 8.21. The van der Waals surface area contributed by atoms with E-state index < -0.39 is 17.6 Å². The molecule has 0 atom stereocenters. The van der Waals surface area contributed by atoms with Gasteiger partial charge in [0, 0.05) is 25.4 Å². The molecular formula is C26H28N2O5. The molecule has 2 saturated carbocycles. The summed E-state index contributed by atoms with van der Waals surface area (Å²) in [7, 11) is 1.58. The lowest BCUT2D eigenvalue weighted by Gasteiger charge is -2.36. The normalized spacial score (nSPS) is 21.8. The van der Waals surface area contributed by atoms with E-state index in [1.807, 2.05) is 24.3 Å². The van der Waals surface area contributed by atoms with Gasteiger partial charge in [-0.2, -0.15) is 0 Å². The van der Waals surface area contributed by atoms with Gasteiger partial charge in [0.2, 0.25) is 5.91 Å². The molecule has 2 aromatic carbocycles. The summed E-state index contributed by atoms with van der Waals surface area (Å²) in [5.74, 6) is -0.890. The van der Waals surface area contributed by atoms with Crippen LogP contribution < -0.4 is 5.32 Å². The van der Waals surface area contributed by atoms with Crippen LogP contribution in [0, 0.1) is 5.92 Å². The Balaban J connectivity index is 1.09. The second-order valence-electron chi connectivity index (χ2n) is 9.50. The van der Waals surface area contributed by atoms with Gasteiger partial charge in [-0.15, -0.1) is 0 Å². The van der Waals surface area contributed by atoms with Crippen LogP contribution in [0.3, 0.4) is 0 Å². The van der Waals surface area contributed by atoms with Crippen molar-refractivity contribution in [2.45, 2.75) is 49.6 Å². The second-order valence-corrected chi connectivity index (χ2v) is 9.50. The Morgan fingerprint density at radius 3 is 2.15 bits per heavy atom. The summed E-state index contributed by atoms with van der Waals surface area (Å²) in [6.07, 6.45) is 2.30. The molecule has 2 fully saturated rings. The number of carbonyl (C=O) groups is 3. The van der Waals surface area contributed by atoms with Crippen LogP contribution in [-0.4, -0.2) is 53.2 Å². The van der Waals surface area contributed by atoms with Gasteiger partial charge in [0.15, 0.2) is 0 Å². The first-order valence-electron chi connectivity index (χ1n) is 11.5. The molecule has 0 radical (unpaired) electrons. The molecule has 0 aliphatic heterocycles. The molecule has 3 aliphatic rings. The summed E-state index contributed by atoms with van der Waals surface area (Å²) in [6, 6.07) is 16.4. The van der Waals surface area contributed by atoms with E-state index in [-0.39, 0.29) is 30.4 Å². The average molecular weight is 449 g/mol. The highest BCUT2D eigenvalue weighted by atomic mass is 16.5. The van der Waals surface area contributed by atoms with E-state index in [9.17, 15) is 19.5 Å². The Morgan fingerprint density at radius 1 is 1.03 bits per heavy atom. The minimum Gasteiger partial charge on any atom is -0.479 e. The Kier molecular flexibility index (Phi) is 5.35. The molecule has 0 saturated heterocycles. The zero-order valence-corrected chi connectivity index (χ0v) is 18.6. The highest BCUT2D eigenvalue weighted by Crippen LogP contribution is 2.45. The van der Waals surface area contributed by atoms with Gasteiger partial charge in [-0.1, -0.05) is 48.5 Å². The number of fused-ring (bicyclic) bond motifs is 3. The molecule has 2 amide bonds. The number of alkyl carbamates (subject to hydrolysis) is 1. The van der Waals surface area contributed by atoms with Gasteiger partial charge in [0.25, 0.3) is 0 Å². The molecule has 3 aliphatic carbocycles. The zero-order chi connectivity index (χ0) is 23.2. The number of ether oxygens (including phenoxy) is 1. The van der Waals surface area contributed by atoms with Crippen molar-refractivity contribution in [3.8, 4) is 11.1 Å². The maximum atomic E-state index is 12.5. The molecule has 0 bridgehead atoms. The van der Waals surface area contributed by atoms with Crippen LogP contribution in [0.25, 0.3) is 11.1 Å². The van der Waals surface area contributed by atoms with Crippen LogP contribution in [0.2, 0.25) is 0 Å². The number of rotatable bonds is 7. The molecule has 2 aromatic rings. The summed E-state index contributed by atoms with van der Waals surface area (Å²) in [5.41, 5.74) is 3.73. The Bertz CT molecular complexity index is 1060. The highest BCUT2D eigenvalue weighted by Gasteiger charge is 2.55. The van der Waals surface area contributed by atoms with Gasteiger partial charge >= 0.3 is 12.1 Å². The van der Waals surface area contributed by atoms with Crippen molar-refractivity contribution in [3.63, 3.8) is 0 Å². The number of carboxylic acid groups (broad SMARTS) is 1. The van der Waals surface area contributed by atoms with E-state index in [0.717, 1.165) is 0 Å². The molecule has 33 heavy (non-hydrogen) atoms. The number of likely N-dealkylation sites (N-methyl/N-ethyl adjacent to an activating group) is 1. The van der Waals surface area contributed by atoms with E-state index in [4.69, 9.17) is 4.74 Å². The van der Waals surface area contributed by atoms with Crippen molar-refractivity contribution >= 4 is 18.0 Å². The molecule has 2 N–H and O–H groups in total. The summed E-state index contributed by atoms with van der Waals surface area (Å²) >= 11 is 0. The minimum absolute atomic E-state index is 0.0156. The third-order valence-electron chi connectivity index (χ3n) is 7.50. The maximum absolute atomic E-state index is 12.5. The fourth-order valence-corrected chi connectivity index (χ4v) is 5.26. The Labute approximate surface area is 192 Å². The highest BCUT2D eigenvalue weighted by molar-refractivity contribution is 5.89. The predicted molar refractivity (Wildman–Crippen MR) is 122 cm³/mol. The smallest absolute Gasteiger partial charge is 0.407 e. The fourth-order valence-electron chi connectivity index (χ4n) is 5.26. The first-order chi connectivity index (χ1) is 15.9. The van der Waals surface area contributed by atoms with E-state index in [1.54, 1.807) is 7.05 Å². The quantitative estimate of drug-likeness (QED) is 0.672. The third kappa shape index (κ3) is 3.86. The third-order valence-corrected chi connectivity index (χ3v) is 7.50. The van der Waals surface area contributed by atoms with E-state index >= 15 is 0 Å². The van der Waals surface area contributed by atoms with Crippen molar-refractivity contribution in [3.05, 3.63) is 59.7 Å². The topological polar surface area (TPSA) is 95.9 Å². The molecule has 0 aromatic heterocycles. The van der Waals surface area contributed by atoms with Crippen molar-refractivity contribution in [1.82, 2.24) is 10.2 Å². The number of hydrogen-bond acceptors (Lipinski definition) is 4. The van der Waals surface area contributed by atoms with E-state index in [2.05, 4.69) is 29.6 Å². The molecule has 7 nitrogen and oxygen atoms in total.